The maximum Gasteiger partial charge on any atom is 0.408 e. The van der Waals surface area contributed by atoms with E-state index in [2.05, 4.69) is 17.5 Å². The molecule has 1 aliphatic rings. The molecular weight excluding hydrogens is 246 g/mol. The molecule has 0 fully saturated rings. The fraction of sp³-hybridized carbons (Fsp3) is 0.714. The number of carbonyl (C=O) groups excluding carboxylic acids is 1. The second kappa shape index (κ2) is 6.59. The molecule has 0 heterocycles. The number of allylic oxidation sites excluding steroid dienone is 2. The second-order valence-corrected chi connectivity index (χ2v) is 5.92. The average molecular weight is 269 g/mol. The van der Waals surface area contributed by atoms with Gasteiger partial charge in [0.2, 0.25) is 0 Å². The van der Waals surface area contributed by atoms with Crippen LogP contribution in [0, 0.1) is 5.92 Å². The first-order chi connectivity index (χ1) is 8.78. The Kier molecular flexibility index (Phi) is 5.39. The van der Waals surface area contributed by atoms with Crippen molar-refractivity contribution < 1.29 is 19.4 Å². The normalized spacial score (nSPS) is 20.7. The van der Waals surface area contributed by atoms with E-state index in [4.69, 9.17) is 9.84 Å². The largest absolute Gasteiger partial charge is 0.480 e. The number of nitrogens with one attached hydrogen (secondary N) is 1. The van der Waals surface area contributed by atoms with Gasteiger partial charge in [0.15, 0.2) is 0 Å². The SMILES string of the molecule is CC(C)(C)OC(=O)NC(CC1CC=CCC1)C(=O)O. The van der Waals surface area contributed by atoms with Gasteiger partial charge in [-0.1, -0.05) is 12.2 Å². The van der Waals surface area contributed by atoms with Gasteiger partial charge in [0.25, 0.3) is 0 Å². The van der Waals surface area contributed by atoms with Crippen LogP contribution in [0.1, 0.15) is 46.5 Å². The highest BCUT2D eigenvalue weighted by atomic mass is 16.6. The van der Waals surface area contributed by atoms with Gasteiger partial charge in [0.1, 0.15) is 11.6 Å². The van der Waals surface area contributed by atoms with E-state index in [1.54, 1.807) is 20.8 Å². The Bertz CT molecular complexity index is 357. The van der Waals surface area contributed by atoms with E-state index in [-0.39, 0.29) is 0 Å². The molecule has 0 aliphatic heterocycles. The number of alkyl carbamates (subject to hydrolysis) is 1. The van der Waals surface area contributed by atoms with E-state index >= 15 is 0 Å². The van der Waals surface area contributed by atoms with E-state index in [1.165, 1.54) is 0 Å². The summed E-state index contributed by atoms with van der Waals surface area (Å²) >= 11 is 0. The average Bonchev–Trinajstić information content (AvgIpc) is 2.26. The van der Waals surface area contributed by atoms with Gasteiger partial charge >= 0.3 is 12.1 Å². The van der Waals surface area contributed by atoms with Gasteiger partial charge in [-0.05, 0) is 52.4 Å². The van der Waals surface area contributed by atoms with E-state index in [0.29, 0.717) is 12.3 Å². The highest BCUT2D eigenvalue weighted by molar-refractivity contribution is 5.80. The molecule has 108 valence electrons. The smallest absolute Gasteiger partial charge is 0.408 e. The molecule has 0 radical (unpaired) electrons. The number of ether oxygens (including phenoxy) is 1. The molecule has 0 aromatic carbocycles. The third kappa shape index (κ3) is 6.27. The number of hydrogen-bond acceptors (Lipinski definition) is 3. The summed E-state index contributed by atoms with van der Waals surface area (Å²) in [4.78, 5) is 22.8. The van der Waals surface area contributed by atoms with Crippen molar-refractivity contribution in [1.29, 1.82) is 0 Å². The Morgan fingerprint density at radius 3 is 2.58 bits per heavy atom. The molecule has 0 saturated heterocycles. The number of carboxylic acid groups (broad SMARTS) is 1. The molecule has 0 bridgehead atoms. The van der Waals surface area contributed by atoms with Crippen LogP contribution in [0.3, 0.4) is 0 Å². The van der Waals surface area contributed by atoms with Crippen molar-refractivity contribution in [3.63, 3.8) is 0 Å². The van der Waals surface area contributed by atoms with Crippen molar-refractivity contribution >= 4 is 12.1 Å². The van der Waals surface area contributed by atoms with E-state index in [1.807, 2.05) is 0 Å². The molecule has 2 unspecified atom stereocenters. The number of carbonyl (C=O) groups is 2. The molecular formula is C14H23NO4. The Labute approximate surface area is 114 Å². The highest BCUT2D eigenvalue weighted by Crippen LogP contribution is 2.23. The lowest BCUT2D eigenvalue weighted by atomic mass is 9.88. The first kappa shape index (κ1) is 15.5. The van der Waals surface area contributed by atoms with Crippen molar-refractivity contribution in [3.8, 4) is 0 Å². The Hall–Kier alpha value is -1.52. The summed E-state index contributed by atoms with van der Waals surface area (Å²) in [6.45, 7) is 5.23. The van der Waals surface area contributed by atoms with Gasteiger partial charge in [-0.15, -0.1) is 0 Å². The summed E-state index contributed by atoms with van der Waals surface area (Å²) in [5.41, 5.74) is -0.624. The van der Waals surface area contributed by atoms with Gasteiger partial charge in [0, 0.05) is 0 Å². The van der Waals surface area contributed by atoms with Crippen molar-refractivity contribution in [2.45, 2.75) is 58.1 Å². The fourth-order valence-electron chi connectivity index (χ4n) is 2.08. The predicted molar refractivity (Wildman–Crippen MR) is 71.9 cm³/mol. The minimum absolute atomic E-state index is 0.307. The van der Waals surface area contributed by atoms with Crippen LogP contribution in [0.15, 0.2) is 12.2 Å². The Morgan fingerprint density at radius 1 is 1.42 bits per heavy atom. The van der Waals surface area contributed by atoms with E-state index in [0.717, 1.165) is 19.3 Å². The lowest BCUT2D eigenvalue weighted by Gasteiger charge is -2.25. The summed E-state index contributed by atoms with van der Waals surface area (Å²) in [5, 5.41) is 11.6. The fourth-order valence-corrected chi connectivity index (χ4v) is 2.08. The molecule has 2 N–H and O–H groups in total. The zero-order valence-corrected chi connectivity index (χ0v) is 11.8. The van der Waals surface area contributed by atoms with Crippen LogP contribution in [0.25, 0.3) is 0 Å². The lowest BCUT2D eigenvalue weighted by Crippen LogP contribution is -2.44. The summed E-state index contributed by atoms with van der Waals surface area (Å²) in [7, 11) is 0. The predicted octanol–water partition coefficient (Wildman–Crippen LogP) is 2.71. The number of aliphatic carboxylic acids is 1. The van der Waals surface area contributed by atoms with Crippen molar-refractivity contribution in [2.24, 2.45) is 5.92 Å². The molecule has 0 aromatic rings. The Morgan fingerprint density at radius 2 is 2.11 bits per heavy atom. The highest BCUT2D eigenvalue weighted by Gasteiger charge is 2.26. The molecule has 0 spiro atoms. The zero-order chi connectivity index (χ0) is 14.5. The van der Waals surface area contributed by atoms with Crippen LogP contribution < -0.4 is 5.32 Å². The van der Waals surface area contributed by atoms with Gasteiger partial charge in [-0.25, -0.2) is 9.59 Å². The molecule has 5 heteroatoms. The molecule has 1 rings (SSSR count). The third-order valence-electron chi connectivity index (χ3n) is 2.94. The van der Waals surface area contributed by atoms with Crippen LogP contribution in [-0.4, -0.2) is 28.8 Å². The van der Waals surface area contributed by atoms with Gasteiger partial charge < -0.3 is 15.2 Å². The summed E-state index contributed by atoms with van der Waals surface area (Å²) in [6, 6.07) is -0.883. The molecule has 19 heavy (non-hydrogen) atoms. The second-order valence-electron chi connectivity index (χ2n) is 5.92. The number of carboxylic acids is 1. The van der Waals surface area contributed by atoms with Gasteiger partial charge in [-0.2, -0.15) is 0 Å². The quantitative estimate of drug-likeness (QED) is 0.769. The van der Waals surface area contributed by atoms with Crippen molar-refractivity contribution in [1.82, 2.24) is 5.32 Å². The van der Waals surface area contributed by atoms with E-state index in [9.17, 15) is 9.59 Å². The zero-order valence-electron chi connectivity index (χ0n) is 11.8. The molecule has 5 nitrogen and oxygen atoms in total. The molecule has 1 aliphatic carbocycles. The van der Waals surface area contributed by atoms with Gasteiger partial charge in [-0.3, -0.25) is 0 Å². The maximum atomic E-state index is 11.6. The van der Waals surface area contributed by atoms with Crippen molar-refractivity contribution in [2.75, 3.05) is 0 Å². The Balaban J connectivity index is 2.50. The minimum Gasteiger partial charge on any atom is -0.480 e. The van der Waals surface area contributed by atoms with Crippen molar-refractivity contribution in [3.05, 3.63) is 12.2 Å². The molecule has 0 aromatic heterocycles. The maximum absolute atomic E-state index is 11.6. The van der Waals surface area contributed by atoms with Gasteiger partial charge in [0.05, 0.1) is 0 Å². The van der Waals surface area contributed by atoms with Crippen LogP contribution in [0.4, 0.5) is 4.79 Å². The number of rotatable bonds is 4. The van der Waals surface area contributed by atoms with Crippen LogP contribution >= 0.6 is 0 Å². The summed E-state index contributed by atoms with van der Waals surface area (Å²) in [5.74, 6) is -0.707. The number of amides is 1. The monoisotopic (exact) mass is 269 g/mol. The third-order valence-corrected chi connectivity index (χ3v) is 2.94. The molecule has 2 atom stereocenters. The van der Waals surface area contributed by atoms with Crippen LogP contribution in [0.2, 0.25) is 0 Å². The van der Waals surface area contributed by atoms with E-state index < -0.39 is 23.7 Å². The summed E-state index contributed by atoms with van der Waals surface area (Å²) in [6.07, 6.45) is 6.76. The molecule has 1 amide bonds. The topological polar surface area (TPSA) is 75.6 Å². The standard InChI is InChI=1S/C14H23NO4/c1-14(2,3)19-13(18)15-11(12(16)17)9-10-7-5-4-6-8-10/h4-5,10-11H,6-9H2,1-3H3,(H,15,18)(H,16,17). The first-order valence-corrected chi connectivity index (χ1v) is 6.65. The molecule has 0 saturated carbocycles. The first-order valence-electron chi connectivity index (χ1n) is 6.65. The minimum atomic E-state index is -1.01. The lowest BCUT2D eigenvalue weighted by molar-refractivity contribution is -0.140. The number of hydrogen-bond donors (Lipinski definition) is 2. The van der Waals surface area contributed by atoms with Crippen LogP contribution in [0.5, 0.6) is 0 Å². The summed E-state index contributed by atoms with van der Waals surface area (Å²) < 4.78 is 5.08. The van der Waals surface area contributed by atoms with Crippen LogP contribution in [-0.2, 0) is 9.53 Å².